The van der Waals surface area contributed by atoms with Crippen LogP contribution < -0.4 is 10.9 Å². The zero-order valence-electron chi connectivity index (χ0n) is 13.6. The lowest BCUT2D eigenvalue weighted by atomic mass is 10.3. The minimum atomic E-state index is -0.300. The second-order valence-corrected chi connectivity index (χ2v) is 6.78. The first-order valence-corrected chi connectivity index (χ1v) is 8.51. The van der Waals surface area contributed by atoms with Crippen LogP contribution in [0.1, 0.15) is 20.9 Å². The highest BCUT2D eigenvalue weighted by molar-refractivity contribution is 7.20. The molecule has 1 amide bonds. The van der Waals surface area contributed by atoms with Crippen molar-refractivity contribution in [2.75, 3.05) is 5.32 Å². The van der Waals surface area contributed by atoms with Gasteiger partial charge in [-0.15, -0.1) is 11.3 Å². The van der Waals surface area contributed by atoms with Crippen molar-refractivity contribution in [2.24, 2.45) is 0 Å². The lowest BCUT2D eigenvalue weighted by molar-refractivity contribution is 0.103. The lowest BCUT2D eigenvalue weighted by Crippen LogP contribution is -2.14. The van der Waals surface area contributed by atoms with Crippen molar-refractivity contribution in [1.82, 2.24) is 14.4 Å². The number of fused-ring (bicyclic) bond motifs is 2. The van der Waals surface area contributed by atoms with Crippen LogP contribution in [0.25, 0.3) is 15.9 Å². The van der Waals surface area contributed by atoms with Gasteiger partial charge in [-0.1, -0.05) is 12.1 Å². The van der Waals surface area contributed by atoms with E-state index in [1.165, 1.54) is 15.7 Å². The maximum atomic E-state index is 12.7. The molecule has 4 heterocycles. The van der Waals surface area contributed by atoms with Gasteiger partial charge in [0.05, 0.1) is 10.3 Å². The van der Waals surface area contributed by atoms with E-state index in [2.05, 4.69) is 15.3 Å². The molecule has 0 bridgehead atoms. The maximum Gasteiger partial charge on any atom is 0.266 e. The first kappa shape index (κ1) is 15.5. The Morgan fingerprint density at radius 3 is 2.80 bits per heavy atom. The molecule has 6 nitrogen and oxygen atoms in total. The van der Waals surface area contributed by atoms with Gasteiger partial charge in [0.2, 0.25) is 0 Å². The summed E-state index contributed by atoms with van der Waals surface area (Å²) < 4.78 is 1.51. The predicted molar refractivity (Wildman–Crippen MR) is 98.5 cm³/mol. The van der Waals surface area contributed by atoms with Crippen LogP contribution in [0, 0.1) is 13.8 Å². The molecule has 0 fully saturated rings. The largest absolute Gasteiger partial charge is 0.306 e. The zero-order valence-corrected chi connectivity index (χ0v) is 14.4. The van der Waals surface area contributed by atoms with E-state index in [1.807, 2.05) is 32.0 Å². The van der Waals surface area contributed by atoms with Crippen LogP contribution in [-0.4, -0.2) is 20.3 Å². The summed E-state index contributed by atoms with van der Waals surface area (Å²) >= 11 is 1.20. The van der Waals surface area contributed by atoms with E-state index in [1.54, 1.807) is 24.4 Å². The molecule has 7 heteroatoms. The Balaban J connectivity index is 1.80. The third kappa shape index (κ3) is 2.68. The number of rotatable bonds is 2. The first-order valence-electron chi connectivity index (χ1n) is 7.69. The van der Waals surface area contributed by atoms with Crippen LogP contribution in [0.15, 0.2) is 47.4 Å². The minimum Gasteiger partial charge on any atom is -0.306 e. The van der Waals surface area contributed by atoms with Crippen LogP contribution in [0.4, 0.5) is 5.82 Å². The van der Waals surface area contributed by atoms with Crippen LogP contribution in [0.5, 0.6) is 0 Å². The molecule has 25 heavy (non-hydrogen) atoms. The van der Waals surface area contributed by atoms with Crippen LogP contribution >= 0.6 is 11.3 Å². The number of anilines is 1. The molecular formula is C18H14N4O2S. The molecule has 0 aliphatic heterocycles. The van der Waals surface area contributed by atoms with Crippen molar-refractivity contribution >= 4 is 38.9 Å². The monoisotopic (exact) mass is 350 g/mol. The highest BCUT2D eigenvalue weighted by atomic mass is 32.1. The van der Waals surface area contributed by atoms with E-state index in [0.717, 1.165) is 11.3 Å². The zero-order chi connectivity index (χ0) is 17.6. The standard InChI is InChI=1S/C18H14N4O2S/c1-10-5-4-8-22-15(10)21-17-12(18(22)24)9-13(25-17)16(23)20-14-7-3-6-11(2)19-14/h3-9H,1-2H3,(H,19,20,23). The number of hydrogen-bond acceptors (Lipinski definition) is 5. The number of carbonyl (C=O) groups excluding carboxylic acids is 1. The van der Waals surface area contributed by atoms with Gasteiger partial charge >= 0.3 is 0 Å². The smallest absolute Gasteiger partial charge is 0.266 e. The molecule has 0 saturated carbocycles. The van der Waals surface area contributed by atoms with Gasteiger partial charge in [-0.3, -0.25) is 14.0 Å². The van der Waals surface area contributed by atoms with Gasteiger partial charge in [-0.2, -0.15) is 0 Å². The fourth-order valence-corrected chi connectivity index (χ4v) is 3.58. The van der Waals surface area contributed by atoms with Gasteiger partial charge in [0.25, 0.3) is 11.5 Å². The Bertz CT molecular complexity index is 1190. The van der Waals surface area contributed by atoms with E-state index in [-0.39, 0.29) is 11.5 Å². The molecule has 0 aliphatic rings. The topological polar surface area (TPSA) is 76.4 Å². The molecule has 0 atom stereocenters. The van der Waals surface area contributed by atoms with Crippen molar-refractivity contribution in [2.45, 2.75) is 13.8 Å². The molecule has 4 rings (SSSR count). The van der Waals surface area contributed by atoms with E-state index >= 15 is 0 Å². The van der Waals surface area contributed by atoms with Crippen LogP contribution in [0.2, 0.25) is 0 Å². The quantitative estimate of drug-likeness (QED) is 0.602. The average Bonchev–Trinajstić information content (AvgIpc) is 3.01. The summed E-state index contributed by atoms with van der Waals surface area (Å²) in [5.41, 5.74) is 2.16. The van der Waals surface area contributed by atoms with E-state index < -0.39 is 0 Å². The lowest BCUT2D eigenvalue weighted by Gasteiger charge is -2.02. The first-order chi connectivity index (χ1) is 12.0. The summed E-state index contributed by atoms with van der Waals surface area (Å²) in [5, 5.41) is 3.20. The van der Waals surface area contributed by atoms with Crippen LogP contribution in [-0.2, 0) is 0 Å². The van der Waals surface area contributed by atoms with Gasteiger partial charge in [0, 0.05) is 11.9 Å². The summed E-state index contributed by atoms with van der Waals surface area (Å²) in [6.45, 7) is 3.76. The highest BCUT2D eigenvalue weighted by Crippen LogP contribution is 2.23. The summed E-state index contributed by atoms with van der Waals surface area (Å²) in [4.78, 5) is 34.9. The van der Waals surface area contributed by atoms with Gasteiger partial charge in [0.1, 0.15) is 16.3 Å². The Morgan fingerprint density at radius 2 is 2.00 bits per heavy atom. The molecule has 124 valence electrons. The number of hydrogen-bond donors (Lipinski definition) is 1. The maximum absolute atomic E-state index is 12.7. The fourth-order valence-electron chi connectivity index (χ4n) is 2.66. The summed E-state index contributed by atoms with van der Waals surface area (Å²) in [7, 11) is 0. The SMILES string of the molecule is Cc1cccc(NC(=O)c2cc3c(=O)n4cccc(C)c4nc3s2)n1. The molecule has 4 aromatic heterocycles. The molecule has 4 aromatic rings. The number of nitrogens with one attached hydrogen (secondary N) is 1. The Hall–Kier alpha value is -3.06. The number of thiophene rings is 1. The average molecular weight is 350 g/mol. The third-order valence-electron chi connectivity index (χ3n) is 3.89. The Morgan fingerprint density at radius 1 is 1.16 bits per heavy atom. The second-order valence-electron chi connectivity index (χ2n) is 5.75. The second kappa shape index (κ2) is 5.78. The molecule has 0 aliphatic carbocycles. The third-order valence-corrected chi connectivity index (χ3v) is 4.91. The number of aryl methyl sites for hydroxylation is 2. The van der Waals surface area contributed by atoms with E-state index in [9.17, 15) is 9.59 Å². The summed E-state index contributed by atoms with van der Waals surface area (Å²) in [6, 6.07) is 10.7. The Labute approximate surface area is 146 Å². The summed E-state index contributed by atoms with van der Waals surface area (Å²) in [5.74, 6) is 0.180. The normalized spacial score (nSPS) is 11.1. The predicted octanol–water partition coefficient (Wildman–Crippen LogP) is 3.17. The van der Waals surface area contributed by atoms with Gasteiger partial charge in [0.15, 0.2) is 0 Å². The van der Waals surface area contributed by atoms with E-state index in [0.29, 0.717) is 26.6 Å². The van der Waals surface area contributed by atoms with Crippen molar-refractivity contribution in [3.63, 3.8) is 0 Å². The molecule has 0 unspecified atom stereocenters. The highest BCUT2D eigenvalue weighted by Gasteiger charge is 2.16. The molecule has 1 N–H and O–H groups in total. The van der Waals surface area contributed by atoms with Crippen molar-refractivity contribution < 1.29 is 4.79 Å². The number of aromatic nitrogens is 3. The molecule has 0 aromatic carbocycles. The molecule has 0 spiro atoms. The number of amides is 1. The number of pyridine rings is 2. The van der Waals surface area contributed by atoms with Crippen molar-refractivity contribution in [1.29, 1.82) is 0 Å². The van der Waals surface area contributed by atoms with Gasteiger partial charge in [-0.25, -0.2) is 9.97 Å². The number of nitrogens with zero attached hydrogens (tertiary/aromatic N) is 3. The fraction of sp³-hybridized carbons (Fsp3) is 0.111. The van der Waals surface area contributed by atoms with Gasteiger partial charge in [-0.05, 0) is 43.7 Å². The van der Waals surface area contributed by atoms with E-state index in [4.69, 9.17) is 0 Å². The van der Waals surface area contributed by atoms with Crippen LogP contribution in [0.3, 0.4) is 0 Å². The minimum absolute atomic E-state index is 0.173. The molecule has 0 saturated heterocycles. The molecular weight excluding hydrogens is 336 g/mol. The van der Waals surface area contributed by atoms with Gasteiger partial charge < -0.3 is 5.32 Å². The molecule has 0 radical (unpaired) electrons. The Kier molecular flexibility index (Phi) is 3.58. The van der Waals surface area contributed by atoms with Crippen molar-refractivity contribution in [3.8, 4) is 0 Å². The van der Waals surface area contributed by atoms with Crippen molar-refractivity contribution in [3.05, 3.63) is 69.1 Å². The number of carbonyl (C=O) groups is 1. The summed E-state index contributed by atoms with van der Waals surface area (Å²) in [6.07, 6.45) is 1.69.